The molecule has 1 aromatic heterocycles. The van der Waals surface area contributed by atoms with Crippen LogP contribution in [0.5, 0.6) is 0 Å². The average Bonchev–Trinajstić information content (AvgIpc) is 3.05. The van der Waals surface area contributed by atoms with Gasteiger partial charge in [0.25, 0.3) is 0 Å². The summed E-state index contributed by atoms with van der Waals surface area (Å²) in [5.74, 6) is 0.0528. The molecule has 0 saturated heterocycles. The largest absolute Gasteiger partial charge is 0.333 e. The van der Waals surface area contributed by atoms with E-state index < -0.39 is 0 Å². The van der Waals surface area contributed by atoms with Gasteiger partial charge in [-0.3, -0.25) is 9.59 Å². The number of hydrogen-bond acceptors (Lipinski definition) is 3. The number of carbonyl (C=O) groups excluding carboxylic acids is 2. The van der Waals surface area contributed by atoms with Crippen molar-refractivity contribution in [1.29, 1.82) is 0 Å². The topological polar surface area (TPSA) is 40.6 Å². The number of hydrogen-bond donors (Lipinski definition) is 0. The van der Waals surface area contributed by atoms with Gasteiger partial charge in [0.05, 0.1) is 13.1 Å². The molecule has 0 bridgehead atoms. The van der Waals surface area contributed by atoms with Crippen molar-refractivity contribution in [3.05, 3.63) is 57.8 Å². The Morgan fingerprint density at radius 2 is 1.66 bits per heavy atom. The van der Waals surface area contributed by atoms with Crippen LogP contribution in [0.3, 0.4) is 0 Å². The second-order valence-electron chi connectivity index (χ2n) is 8.81. The Morgan fingerprint density at radius 1 is 0.966 bits per heavy atom. The zero-order valence-electron chi connectivity index (χ0n) is 18.4. The van der Waals surface area contributed by atoms with E-state index in [1.165, 1.54) is 10.4 Å². The molecule has 1 heterocycles. The normalized spacial score (nSPS) is 11.3. The Morgan fingerprint density at radius 3 is 2.21 bits per heavy atom. The molecule has 2 amide bonds. The fourth-order valence-corrected chi connectivity index (χ4v) is 4.09. The number of carbonyl (C=O) groups is 2. The Balaban J connectivity index is 2.17. The highest BCUT2D eigenvalue weighted by Crippen LogP contribution is 2.22. The molecule has 0 saturated carbocycles. The Labute approximate surface area is 179 Å². The third-order valence-corrected chi connectivity index (χ3v) is 5.73. The van der Waals surface area contributed by atoms with Crippen LogP contribution in [0, 0.1) is 12.3 Å². The minimum atomic E-state index is -0.0933. The summed E-state index contributed by atoms with van der Waals surface area (Å²) in [7, 11) is 0. The van der Waals surface area contributed by atoms with E-state index in [9.17, 15) is 9.59 Å². The van der Waals surface area contributed by atoms with Gasteiger partial charge in [0.1, 0.15) is 0 Å². The van der Waals surface area contributed by atoms with E-state index in [4.69, 9.17) is 0 Å². The number of aryl methyl sites for hydroxylation is 1. The SMILES string of the molecule is CCCN(CC(=O)N(Cc1ccccc1)Cc1sccc1C)C(=O)CC(C)(C)C. The van der Waals surface area contributed by atoms with Gasteiger partial charge < -0.3 is 9.80 Å². The lowest BCUT2D eigenvalue weighted by atomic mass is 9.91. The second kappa shape index (κ2) is 10.6. The van der Waals surface area contributed by atoms with Crippen LogP contribution in [0.25, 0.3) is 0 Å². The summed E-state index contributed by atoms with van der Waals surface area (Å²) in [5, 5.41) is 2.06. The minimum absolute atomic E-state index is 0.00244. The molecule has 2 aromatic rings. The molecule has 0 atom stereocenters. The maximum Gasteiger partial charge on any atom is 0.242 e. The standard InChI is InChI=1S/C24H34N2O2S/c1-6-13-25(22(27)15-24(3,4)5)18-23(28)26(16-20-10-8-7-9-11-20)17-21-19(2)12-14-29-21/h7-12,14H,6,13,15-18H2,1-5H3. The summed E-state index contributed by atoms with van der Waals surface area (Å²) in [6.07, 6.45) is 1.29. The zero-order valence-corrected chi connectivity index (χ0v) is 19.2. The highest BCUT2D eigenvalue weighted by molar-refractivity contribution is 7.10. The molecule has 0 spiro atoms. The Kier molecular flexibility index (Phi) is 8.45. The molecule has 0 unspecified atom stereocenters. The van der Waals surface area contributed by atoms with E-state index in [2.05, 4.69) is 39.1 Å². The fraction of sp³-hybridized carbons (Fsp3) is 0.500. The Bertz CT molecular complexity index is 793. The van der Waals surface area contributed by atoms with Gasteiger partial charge in [0.15, 0.2) is 0 Å². The van der Waals surface area contributed by atoms with Gasteiger partial charge in [-0.1, -0.05) is 58.0 Å². The molecule has 5 heteroatoms. The van der Waals surface area contributed by atoms with Crippen LogP contribution in [0.4, 0.5) is 0 Å². The van der Waals surface area contributed by atoms with Crippen LogP contribution in [-0.2, 0) is 22.7 Å². The number of thiophene rings is 1. The van der Waals surface area contributed by atoms with Crippen molar-refractivity contribution < 1.29 is 9.59 Å². The van der Waals surface area contributed by atoms with Crippen LogP contribution in [0.1, 0.15) is 56.5 Å². The summed E-state index contributed by atoms with van der Waals surface area (Å²) in [4.78, 5) is 30.9. The van der Waals surface area contributed by atoms with E-state index in [1.54, 1.807) is 16.2 Å². The van der Waals surface area contributed by atoms with Gasteiger partial charge in [-0.2, -0.15) is 0 Å². The minimum Gasteiger partial charge on any atom is -0.333 e. The van der Waals surface area contributed by atoms with Crippen molar-refractivity contribution >= 4 is 23.2 Å². The molecular formula is C24H34N2O2S. The first-order valence-corrected chi connectivity index (χ1v) is 11.2. The van der Waals surface area contributed by atoms with Crippen molar-refractivity contribution in [3.8, 4) is 0 Å². The van der Waals surface area contributed by atoms with E-state index in [0.29, 0.717) is 26.1 Å². The summed E-state index contributed by atoms with van der Waals surface area (Å²) >= 11 is 1.67. The summed E-state index contributed by atoms with van der Waals surface area (Å²) in [6.45, 7) is 12.1. The first-order chi connectivity index (χ1) is 13.7. The molecule has 158 valence electrons. The third kappa shape index (κ3) is 7.65. The van der Waals surface area contributed by atoms with Crippen molar-refractivity contribution in [3.63, 3.8) is 0 Å². The van der Waals surface area contributed by atoms with Crippen LogP contribution in [-0.4, -0.2) is 34.7 Å². The average molecular weight is 415 g/mol. The number of benzene rings is 1. The van der Waals surface area contributed by atoms with Crippen molar-refractivity contribution in [2.24, 2.45) is 5.41 Å². The van der Waals surface area contributed by atoms with E-state index >= 15 is 0 Å². The molecule has 0 fully saturated rings. The fourth-order valence-electron chi connectivity index (χ4n) is 3.17. The van der Waals surface area contributed by atoms with Crippen LogP contribution >= 0.6 is 11.3 Å². The number of amides is 2. The molecule has 0 aliphatic heterocycles. The lowest BCUT2D eigenvalue weighted by Crippen LogP contribution is -2.43. The maximum atomic E-state index is 13.3. The first-order valence-electron chi connectivity index (χ1n) is 10.3. The zero-order chi connectivity index (χ0) is 21.4. The molecule has 0 aliphatic carbocycles. The van der Waals surface area contributed by atoms with E-state index in [0.717, 1.165) is 12.0 Å². The Hall–Kier alpha value is -2.14. The van der Waals surface area contributed by atoms with Gasteiger partial charge in [0, 0.05) is 24.4 Å². The first kappa shape index (κ1) is 23.1. The summed E-state index contributed by atoms with van der Waals surface area (Å²) in [6, 6.07) is 12.1. The van der Waals surface area contributed by atoms with E-state index in [1.807, 2.05) is 42.2 Å². The molecule has 29 heavy (non-hydrogen) atoms. The van der Waals surface area contributed by atoms with E-state index in [-0.39, 0.29) is 23.8 Å². The number of rotatable bonds is 9. The molecule has 4 nitrogen and oxygen atoms in total. The molecular weight excluding hydrogens is 380 g/mol. The van der Waals surface area contributed by atoms with Crippen molar-refractivity contribution in [2.75, 3.05) is 13.1 Å². The van der Waals surface area contributed by atoms with Gasteiger partial charge in [0.2, 0.25) is 11.8 Å². The lowest BCUT2D eigenvalue weighted by molar-refractivity contribution is -0.142. The second-order valence-corrected chi connectivity index (χ2v) is 9.82. The molecule has 0 radical (unpaired) electrons. The predicted molar refractivity (Wildman–Crippen MR) is 121 cm³/mol. The molecule has 0 aliphatic rings. The number of nitrogens with zero attached hydrogens (tertiary/aromatic N) is 2. The van der Waals surface area contributed by atoms with Crippen molar-refractivity contribution in [1.82, 2.24) is 9.80 Å². The predicted octanol–water partition coefficient (Wildman–Crippen LogP) is 5.26. The molecule has 0 N–H and O–H groups in total. The van der Waals surface area contributed by atoms with Crippen LogP contribution in [0.15, 0.2) is 41.8 Å². The smallest absolute Gasteiger partial charge is 0.242 e. The van der Waals surface area contributed by atoms with Gasteiger partial charge in [-0.05, 0) is 41.3 Å². The van der Waals surface area contributed by atoms with Gasteiger partial charge in [-0.25, -0.2) is 0 Å². The highest BCUT2D eigenvalue weighted by Gasteiger charge is 2.25. The highest BCUT2D eigenvalue weighted by atomic mass is 32.1. The molecule has 2 rings (SSSR count). The maximum absolute atomic E-state index is 13.3. The molecule has 1 aromatic carbocycles. The quantitative estimate of drug-likeness (QED) is 0.561. The van der Waals surface area contributed by atoms with Crippen LogP contribution < -0.4 is 0 Å². The summed E-state index contributed by atoms with van der Waals surface area (Å²) < 4.78 is 0. The van der Waals surface area contributed by atoms with Crippen LogP contribution in [0.2, 0.25) is 0 Å². The lowest BCUT2D eigenvalue weighted by Gasteiger charge is -2.29. The summed E-state index contributed by atoms with van der Waals surface area (Å²) in [5.41, 5.74) is 2.21. The monoisotopic (exact) mass is 414 g/mol. The van der Waals surface area contributed by atoms with Gasteiger partial charge >= 0.3 is 0 Å². The van der Waals surface area contributed by atoms with Crippen molar-refractivity contribution in [2.45, 2.75) is 60.5 Å². The van der Waals surface area contributed by atoms with Gasteiger partial charge in [-0.15, -0.1) is 11.3 Å². The third-order valence-electron chi connectivity index (χ3n) is 4.73.